The molecule has 7 heteroatoms. The number of ether oxygens (including phenoxy) is 2. The summed E-state index contributed by atoms with van der Waals surface area (Å²) in [4.78, 5) is 30.8. The first kappa shape index (κ1) is 21.6. The van der Waals surface area contributed by atoms with E-state index in [9.17, 15) is 9.59 Å². The molecule has 0 aliphatic carbocycles. The number of amidine groups is 1. The number of carbonyl (C=O) groups excluding carboxylic acids is 2. The van der Waals surface area contributed by atoms with E-state index in [1.165, 1.54) is 17.6 Å². The third kappa shape index (κ3) is 4.91. The minimum absolute atomic E-state index is 0.0550. The monoisotopic (exact) mass is 424 g/mol. The van der Waals surface area contributed by atoms with Crippen molar-refractivity contribution in [2.75, 3.05) is 24.9 Å². The Morgan fingerprint density at radius 1 is 1.17 bits per heavy atom. The molecule has 0 spiro atoms. The molecule has 1 amide bonds. The Bertz CT molecular complexity index is 997. The molecule has 0 saturated carbocycles. The van der Waals surface area contributed by atoms with Crippen LogP contribution in [0.5, 0.6) is 5.75 Å². The van der Waals surface area contributed by atoms with Gasteiger partial charge in [-0.3, -0.25) is 14.5 Å². The van der Waals surface area contributed by atoms with Crippen LogP contribution in [0, 0.1) is 0 Å². The van der Waals surface area contributed by atoms with Crippen LogP contribution in [0.3, 0.4) is 0 Å². The number of nitrogens with zero attached hydrogens (tertiary/aromatic N) is 2. The van der Waals surface area contributed by atoms with Crippen LogP contribution in [0.1, 0.15) is 30.9 Å². The van der Waals surface area contributed by atoms with Gasteiger partial charge in [0.15, 0.2) is 5.17 Å². The van der Waals surface area contributed by atoms with Crippen molar-refractivity contribution in [2.45, 2.75) is 19.8 Å². The second-order valence-electron chi connectivity index (χ2n) is 6.95. The molecule has 0 unspecified atom stereocenters. The van der Waals surface area contributed by atoms with Crippen molar-refractivity contribution < 1.29 is 19.1 Å². The molecule has 6 nitrogen and oxygen atoms in total. The van der Waals surface area contributed by atoms with E-state index in [2.05, 4.69) is 18.8 Å². The normalized spacial score (nSPS) is 15.0. The maximum absolute atomic E-state index is 13.2. The predicted octanol–water partition coefficient (Wildman–Crippen LogP) is 4.47. The van der Waals surface area contributed by atoms with Crippen LogP contribution in [-0.4, -0.2) is 37.0 Å². The highest BCUT2D eigenvalue weighted by molar-refractivity contribution is 8.14. The van der Waals surface area contributed by atoms with Gasteiger partial charge < -0.3 is 9.47 Å². The van der Waals surface area contributed by atoms with E-state index in [0.717, 1.165) is 17.3 Å². The van der Waals surface area contributed by atoms with Crippen LogP contribution >= 0.6 is 11.8 Å². The molecule has 2 aromatic carbocycles. The van der Waals surface area contributed by atoms with Crippen molar-refractivity contribution in [3.63, 3.8) is 0 Å². The number of methoxy groups -OCH3 is 2. The molecule has 0 aromatic heterocycles. The molecule has 156 valence electrons. The Morgan fingerprint density at radius 3 is 2.53 bits per heavy atom. The lowest BCUT2D eigenvalue weighted by atomic mass is 10.0. The summed E-state index contributed by atoms with van der Waals surface area (Å²) in [6.07, 6.45) is 1.76. The highest BCUT2D eigenvalue weighted by atomic mass is 32.2. The number of anilines is 1. The van der Waals surface area contributed by atoms with E-state index in [-0.39, 0.29) is 17.6 Å². The summed E-state index contributed by atoms with van der Waals surface area (Å²) in [5.74, 6) is 0.465. The van der Waals surface area contributed by atoms with Crippen LogP contribution in [0.25, 0.3) is 6.08 Å². The van der Waals surface area contributed by atoms with Gasteiger partial charge in [0, 0.05) is 6.07 Å². The van der Waals surface area contributed by atoms with E-state index in [4.69, 9.17) is 9.47 Å². The highest BCUT2D eigenvalue weighted by Crippen LogP contribution is 2.31. The van der Waals surface area contributed by atoms with Gasteiger partial charge in [-0.05, 0) is 35.3 Å². The molecule has 1 heterocycles. The van der Waals surface area contributed by atoms with Gasteiger partial charge in [0.25, 0.3) is 5.91 Å². The molecule has 0 N–H and O–H groups in total. The van der Waals surface area contributed by atoms with E-state index < -0.39 is 0 Å². The lowest BCUT2D eigenvalue weighted by Gasteiger charge is -2.18. The van der Waals surface area contributed by atoms with Crippen molar-refractivity contribution in [1.82, 2.24) is 0 Å². The zero-order chi connectivity index (χ0) is 21.7. The Kier molecular flexibility index (Phi) is 6.95. The molecule has 1 aliphatic rings. The van der Waals surface area contributed by atoms with Gasteiger partial charge in [0.2, 0.25) is 0 Å². The number of rotatable bonds is 6. The fraction of sp³-hybridized carbons (Fsp3) is 0.261. The van der Waals surface area contributed by atoms with Crippen LogP contribution in [0.15, 0.2) is 59.2 Å². The number of esters is 1. The van der Waals surface area contributed by atoms with Gasteiger partial charge in [-0.2, -0.15) is 0 Å². The highest BCUT2D eigenvalue weighted by Gasteiger charge is 2.32. The summed E-state index contributed by atoms with van der Waals surface area (Å²) in [5, 5.41) is 0.420. The second kappa shape index (κ2) is 9.63. The lowest BCUT2D eigenvalue weighted by Crippen LogP contribution is -2.30. The Balaban J connectivity index is 1.94. The Hall–Kier alpha value is -3.06. The summed E-state index contributed by atoms with van der Waals surface area (Å²) < 4.78 is 9.99. The number of aliphatic imine (C=N–C) groups is 1. The molecule has 0 saturated heterocycles. The van der Waals surface area contributed by atoms with Crippen LogP contribution in [0.4, 0.5) is 5.69 Å². The quantitative estimate of drug-likeness (QED) is 0.506. The fourth-order valence-corrected chi connectivity index (χ4v) is 3.73. The average Bonchev–Trinajstić information content (AvgIpc) is 3.07. The molecule has 0 atom stereocenters. The van der Waals surface area contributed by atoms with Crippen molar-refractivity contribution in [3.8, 4) is 5.75 Å². The molecule has 1 aliphatic heterocycles. The third-order valence-corrected chi connectivity index (χ3v) is 5.51. The van der Waals surface area contributed by atoms with Crippen LogP contribution < -0.4 is 9.64 Å². The maximum Gasteiger partial charge on any atom is 0.316 e. The lowest BCUT2D eigenvalue weighted by molar-refractivity contribution is -0.137. The van der Waals surface area contributed by atoms with Gasteiger partial charge in [0.1, 0.15) is 11.4 Å². The molecule has 2 aromatic rings. The summed E-state index contributed by atoms with van der Waals surface area (Å²) in [5.41, 5.74) is 3.04. The van der Waals surface area contributed by atoms with Gasteiger partial charge in [-0.25, -0.2) is 4.99 Å². The molecule has 0 bridgehead atoms. The van der Waals surface area contributed by atoms with Gasteiger partial charge in [-0.15, -0.1) is 0 Å². The topological polar surface area (TPSA) is 68.2 Å². The van der Waals surface area contributed by atoms with E-state index in [1.54, 1.807) is 37.5 Å². The summed E-state index contributed by atoms with van der Waals surface area (Å²) in [6.45, 7) is 4.27. The largest absolute Gasteiger partial charge is 0.497 e. The number of thioether (sulfide) groups is 1. The number of hydrogen-bond acceptors (Lipinski definition) is 6. The summed E-state index contributed by atoms with van der Waals surface area (Å²) >= 11 is 1.16. The minimum Gasteiger partial charge on any atom is -0.497 e. The van der Waals surface area contributed by atoms with Crippen molar-refractivity contribution in [1.29, 1.82) is 0 Å². The standard InChI is InChI=1S/C23H24N2O4S/c1-15(2)17-10-8-16(9-11-17)12-20-22(27)25(18-6-5-7-19(13-18)28-3)23(24-20)30-14-21(26)29-4/h5-13,15H,14H2,1-4H3/b20-12-. The van der Waals surface area contributed by atoms with Gasteiger partial charge in [0.05, 0.1) is 25.7 Å². The Labute approximate surface area is 180 Å². The Morgan fingerprint density at radius 2 is 1.90 bits per heavy atom. The van der Waals surface area contributed by atoms with Crippen LogP contribution in [0.2, 0.25) is 0 Å². The van der Waals surface area contributed by atoms with Crippen molar-refractivity contribution in [2.24, 2.45) is 4.99 Å². The molecule has 0 fully saturated rings. The first-order chi connectivity index (χ1) is 14.4. The number of carbonyl (C=O) groups is 2. The number of benzene rings is 2. The maximum atomic E-state index is 13.2. The van der Waals surface area contributed by atoms with Crippen LogP contribution in [-0.2, 0) is 14.3 Å². The summed E-state index contributed by atoms with van der Waals surface area (Å²) in [6, 6.07) is 15.2. The molecule has 30 heavy (non-hydrogen) atoms. The van der Waals surface area contributed by atoms with E-state index in [0.29, 0.717) is 28.2 Å². The molecular formula is C23H24N2O4S. The first-order valence-electron chi connectivity index (χ1n) is 9.51. The second-order valence-corrected chi connectivity index (χ2v) is 7.89. The van der Waals surface area contributed by atoms with Crippen molar-refractivity contribution >= 4 is 40.6 Å². The predicted molar refractivity (Wildman–Crippen MR) is 121 cm³/mol. The minimum atomic E-state index is -0.387. The SMILES string of the molecule is COC(=O)CSC1=N/C(=C\c2ccc(C(C)C)cc2)C(=O)N1c1cccc(OC)c1. The smallest absolute Gasteiger partial charge is 0.316 e. The average molecular weight is 425 g/mol. The van der Waals surface area contributed by atoms with Gasteiger partial charge >= 0.3 is 5.97 Å². The number of hydrogen-bond donors (Lipinski definition) is 0. The fourth-order valence-electron chi connectivity index (χ4n) is 2.89. The third-order valence-electron chi connectivity index (χ3n) is 4.59. The molecule has 3 rings (SSSR count). The zero-order valence-electron chi connectivity index (χ0n) is 17.4. The molecule has 0 radical (unpaired) electrons. The zero-order valence-corrected chi connectivity index (χ0v) is 18.2. The summed E-state index contributed by atoms with van der Waals surface area (Å²) in [7, 11) is 2.90. The first-order valence-corrected chi connectivity index (χ1v) is 10.5. The van der Waals surface area contributed by atoms with E-state index in [1.807, 2.05) is 24.3 Å². The van der Waals surface area contributed by atoms with Crippen molar-refractivity contribution in [3.05, 3.63) is 65.4 Å². The molecular weight excluding hydrogens is 400 g/mol. The van der Waals surface area contributed by atoms with Gasteiger partial charge in [-0.1, -0.05) is 55.9 Å². The van der Waals surface area contributed by atoms with E-state index >= 15 is 0 Å². The number of amides is 1.